The molecule has 66 valence electrons. The number of alkyl halides is 2. The highest BCUT2D eigenvalue weighted by molar-refractivity contribution is 5.30. The van der Waals surface area contributed by atoms with Crippen LogP contribution in [0.3, 0.4) is 0 Å². The minimum absolute atomic E-state index is 0.159. The maximum atomic E-state index is 12.7. The minimum atomic E-state index is -2.60. The maximum absolute atomic E-state index is 12.7. The lowest BCUT2D eigenvalue weighted by Gasteiger charge is -2.03. The Morgan fingerprint density at radius 2 is 2.00 bits per heavy atom. The van der Waals surface area contributed by atoms with Crippen LogP contribution in [0.5, 0.6) is 5.75 Å². The largest absolute Gasteiger partial charge is 0.494 e. The Morgan fingerprint density at radius 3 is 2.50 bits per heavy atom. The number of methoxy groups -OCH3 is 1. The summed E-state index contributed by atoms with van der Waals surface area (Å²) in [5.41, 5.74) is -0.242. The normalized spacial score (nSPS) is 10.4. The van der Waals surface area contributed by atoms with Crippen LogP contribution in [0.4, 0.5) is 13.2 Å². The van der Waals surface area contributed by atoms with Crippen LogP contribution < -0.4 is 4.74 Å². The summed E-state index contributed by atoms with van der Waals surface area (Å²) < 4.78 is 41.3. The Hall–Kier alpha value is -1.19. The molecule has 0 saturated heterocycles. The van der Waals surface area contributed by atoms with Crippen molar-refractivity contribution in [2.75, 3.05) is 7.11 Å². The van der Waals surface area contributed by atoms with E-state index < -0.39 is 12.2 Å². The monoisotopic (exact) mass is 176 g/mol. The highest BCUT2D eigenvalue weighted by atomic mass is 19.3. The molecule has 0 aromatic heterocycles. The first-order valence-corrected chi connectivity index (χ1v) is 3.26. The Kier molecular flexibility index (Phi) is 2.58. The predicted octanol–water partition coefficient (Wildman–Crippen LogP) is 2.77. The average Bonchev–Trinajstić information content (AvgIpc) is 2.05. The van der Waals surface area contributed by atoms with Gasteiger partial charge in [0.1, 0.15) is 0 Å². The van der Waals surface area contributed by atoms with Crippen LogP contribution in [0, 0.1) is 5.82 Å². The van der Waals surface area contributed by atoms with E-state index in [4.69, 9.17) is 0 Å². The van der Waals surface area contributed by atoms with E-state index in [0.717, 1.165) is 18.2 Å². The molecule has 0 fully saturated rings. The van der Waals surface area contributed by atoms with Gasteiger partial charge in [0.05, 0.1) is 7.11 Å². The molecule has 1 aromatic carbocycles. The van der Waals surface area contributed by atoms with E-state index >= 15 is 0 Å². The Morgan fingerprint density at radius 1 is 1.33 bits per heavy atom. The van der Waals surface area contributed by atoms with Gasteiger partial charge in [0.25, 0.3) is 6.43 Å². The zero-order chi connectivity index (χ0) is 9.14. The molecule has 12 heavy (non-hydrogen) atoms. The van der Waals surface area contributed by atoms with Crippen molar-refractivity contribution in [2.24, 2.45) is 0 Å². The van der Waals surface area contributed by atoms with Gasteiger partial charge in [-0.25, -0.2) is 13.2 Å². The molecule has 1 nitrogen and oxygen atoms in total. The molecular formula is C8H7F3O. The topological polar surface area (TPSA) is 9.23 Å². The molecule has 0 amide bonds. The van der Waals surface area contributed by atoms with E-state index in [1.54, 1.807) is 0 Å². The van der Waals surface area contributed by atoms with Gasteiger partial charge < -0.3 is 4.74 Å². The molecule has 0 aliphatic carbocycles. The number of hydrogen-bond donors (Lipinski definition) is 0. The molecule has 0 bridgehead atoms. The number of hydrogen-bond acceptors (Lipinski definition) is 1. The summed E-state index contributed by atoms with van der Waals surface area (Å²) in [6.07, 6.45) is -2.60. The summed E-state index contributed by atoms with van der Waals surface area (Å²) >= 11 is 0. The first-order valence-electron chi connectivity index (χ1n) is 3.26. The molecule has 0 atom stereocenters. The molecule has 1 aromatic rings. The Labute approximate surface area is 67.8 Å². The van der Waals surface area contributed by atoms with Crippen molar-refractivity contribution < 1.29 is 17.9 Å². The van der Waals surface area contributed by atoms with Gasteiger partial charge >= 0.3 is 0 Å². The Bertz CT molecular complexity index is 273. The molecular weight excluding hydrogens is 169 g/mol. The van der Waals surface area contributed by atoms with Crippen molar-refractivity contribution in [1.82, 2.24) is 0 Å². The zero-order valence-corrected chi connectivity index (χ0v) is 6.35. The van der Waals surface area contributed by atoms with Crippen LogP contribution in [0.2, 0.25) is 0 Å². The summed E-state index contributed by atoms with van der Waals surface area (Å²) in [6.45, 7) is 0. The summed E-state index contributed by atoms with van der Waals surface area (Å²) in [6, 6.07) is 2.98. The summed E-state index contributed by atoms with van der Waals surface area (Å²) in [5, 5.41) is 0. The number of benzene rings is 1. The fourth-order valence-electron chi connectivity index (χ4n) is 0.812. The highest BCUT2D eigenvalue weighted by Crippen LogP contribution is 2.25. The molecule has 1 rings (SSSR count). The fourth-order valence-corrected chi connectivity index (χ4v) is 0.812. The molecule has 0 radical (unpaired) electrons. The zero-order valence-electron chi connectivity index (χ0n) is 6.35. The average molecular weight is 176 g/mol. The maximum Gasteiger partial charge on any atom is 0.263 e. The number of halogens is 3. The van der Waals surface area contributed by atoms with Crippen LogP contribution in [-0.2, 0) is 0 Å². The quantitative estimate of drug-likeness (QED) is 0.673. The van der Waals surface area contributed by atoms with Gasteiger partial charge in [0.2, 0.25) is 0 Å². The van der Waals surface area contributed by atoms with Crippen LogP contribution in [0.15, 0.2) is 18.2 Å². The number of rotatable bonds is 2. The smallest absolute Gasteiger partial charge is 0.263 e. The molecule has 0 aliphatic rings. The van der Waals surface area contributed by atoms with E-state index in [1.807, 2.05) is 0 Å². The van der Waals surface area contributed by atoms with Gasteiger partial charge in [-0.05, 0) is 12.1 Å². The molecule has 0 unspecified atom stereocenters. The molecule has 4 heteroatoms. The summed E-state index contributed by atoms with van der Waals surface area (Å²) in [7, 11) is 1.23. The van der Waals surface area contributed by atoms with Crippen molar-refractivity contribution in [3.63, 3.8) is 0 Å². The first kappa shape index (κ1) is 8.90. The molecule has 0 aliphatic heterocycles. The van der Waals surface area contributed by atoms with Crippen LogP contribution in [0.1, 0.15) is 12.0 Å². The van der Waals surface area contributed by atoms with E-state index in [-0.39, 0.29) is 11.3 Å². The van der Waals surface area contributed by atoms with Crippen molar-refractivity contribution in [2.45, 2.75) is 6.43 Å². The lowest BCUT2D eigenvalue weighted by atomic mass is 10.2. The van der Waals surface area contributed by atoms with Crippen LogP contribution >= 0.6 is 0 Å². The second-order valence-corrected chi connectivity index (χ2v) is 2.19. The van der Waals surface area contributed by atoms with Crippen LogP contribution in [0.25, 0.3) is 0 Å². The van der Waals surface area contributed by atoms with Gasteiger partial charge in [-0.2, -0.15) is 0 Å². The van der Waals surface area contributed by atoms with Gasteiger partial charge in [-0.3, -0.25) is 0 Å². The number of ether oxygens (including phenoxy) is 1. The molecule has 0 spiro atoms. The highest BCUT2D eigenvalue weighted by Gasteiger charge is 2.10. The van der Waals surface area contributed by atoms with E-state index in [2.05, 4.69) is 4.74 Å². The SMILES string of the molecule is COc1cc(C(F)F)ccc1F. The third-order valence-corrected chi connectivity index (χ3v) is 1.43. The van der Waals surface area contributed by atoms with Gasteiger partial charge in [0.15, 0.2) is 11.6 Å². The molecule has 0 N–H and O–H groups in total. The molecule has 0 heterocycles. The summed E-state index contributed by atoms with van der Waals surface area (Å²) in [5.74, 6) is -0.797. The van der Waals surface area contributed by atoms with Crippen molar-refractivity contribution in [3.8, 4) is 5.75 Å². The Balaban J connectivity index is 3.05. The third kappa shape index (κ3) is 1.69. The molecule has 0 saturated carbocycles. The van der Waals surface area contributed by atoms with Gasteiger partial charge in [-0.15, -0.1) is 0 Å². The fraction of sp³-hybridized carbons (Fsp3) is 0.250. The van der Waals surface area contributed by atoms with E-state index in [1.165, 1.54) is 7.11 Å². The van der Waals surface area contributed by atoms with E-state index in [9.17, 15) is 13.2 Å². The second-order valence-electron chi connectivity index (χ2n) is 2.19. The van der Waals surface area contributed by atoms with Crippen molar-refractivity contribution in [1.29, 1.82) is 0 Å². The lowest BCUT2D eigenvalue weighted by Crippen LogP contribution is -1.91. The van der Waals surface area contributed by atoms with Crippen LogP contribution in [-0.4, -0.2) is 7.11 Å². The third-order valence-electron chi connectivity index (χ3n) is 1.43. The predicted molar refractivity (Wildman–Crippen MR) is 37.9 cm³/mol. The lowest BCUT2D eigenvalue weighted by molar-refractivity contribution is 0.151. The van der Waals surface area contributed by atoms with Gasteiger partial charge in [-0.1, -0.05) is 6.07 Å². The van der Waals surface area contributed by atoms with Crippen molar-refractivity contribution >= 4 is 0 Å². The van der Waals surface area contributed by atoms with Gasteiger partial charge in [0, 0.05) is 5.56 Å². The summed E-state index contributed by atoms with van der Waals surface area (Å²) in [4.78, 5) is 0. The first-order chi connectivity index (χ1) is 5.65. The van der Waals surface area contributed by atoms with Crippen molar-refractivity contribution in [3.05, 3.63) is 29.6 Å². The standard InChI is InChI=1S/C8H7F3O/c1-12-7-4-5(8(10)11)2-3-6(7)9/h2-4,8H,1H3. The minimum Gasteiger partial charge on any atom is -0.494 e. The van der Waals surface area contributed by atoms with E-state index in [0.29, 0.717) is 0 Å². The second kappa shape index (κ2) is 3.47.